The highest BCUT2D eigenvalue weighted by Gasteiger charge is 2.23. The van der Waals surface area contributed by atoms with Gasteiger partial charge in [-0.1, -0.05) is 0 Å². The van der Waals surface area contributed by atoms with Gasteiger partial charge >= 0.3 is 0 Å². The van der Waals surface area contributed by atoms with Crippen molar-refractivity contribution in [2.24, 2.45) is 0 Å². The lowest BCUT2D eigenvalue weighted by atomic mass is 10.1. The second-order valence-electron chi connectivity index (χ2n) is 3.80. The molecule has 2 rings (SSSR count). The molecule has 1 aromatic carbocycles. The first kappa shape index (κ1) is 10.2. The van der Waals surface area contributed by atoms with Gasteiger partial charge in [-0.15, -0.1) is 0 Å². The number of ether oxygens (including phenoxy) is 2. The van der Waals surface area contributed by atoms with Crippen LogP contribution >= 0.6 is 0 Å². The molecule has 0 N–H and O–H groups in total. The van der Waals surface area contributed by atoms with Crippen LogP contribution in [-0.2, 0) is 4.74 Å². The maximum atomic E-state index is 11.2. The molecule has 1 unspecified atom stereocenters. The fourth-order valence-electron chi connectivity index (χ4n) is 1.47. The highest BCUT2D eigenvalue weighted by Crippen LogP contribution is 2.19. The zero-order chi connectivity index (χ0) is 10.8. The third kappa shape index (κ3) is 2.57. The maximum absolute atomic E-state index is 11.2. The van der Waals surface area contributed by atoms with E-state index in [0.29, 0.717) is 6.61 Å². The van der Waals surface area contributed by atoms with Crippen LogP contribution in [0.3, 0.4) is 0 Å². The first-order valence-electron chi connectivity index (χ1n) is 5.03. The standard InChI is InChI=1S/C12H14O3/c1-8-5-10(14-6-11-7-15-11)3-4-12(8)9(2)13/h3-5,11H,6-7H2,1-2H3. The van der Waals surface area contributed by atoms with Gasteiger partial charge in [0.25, 0.3) is 0 Å². The molecule has 0 saturated carbocycles. The molecular weight excluding hydrogens is 192 g/mol. The van der Waals surface area contributed by atoms with Crippen LogP contribution in [0, 0.1) is 6.92 Å². The van der Waals surface area contributed by atoms with Gasteiger partial charge in [-0.05, 0) is 37.6 Å². The van der Waals surface area contributed by atoms with Gasteiger partial charge in [0, 0.05) is 5.56 Å². The minimum Gasteiger partial charge on any atom is -0.491 e. The molecule has 80 valence electrons. The Kier molecular flexibility index (Phi) is 2.73. The number of hydrogen-bond donors (Lipinski definition) is 0. The number of ketones is 1. The van der Waals surface area contributed by atoms with Crippen molar-refractivity contribution in [1.82, 2.24) is 0 Å². The molecule has 1 atom stereocenters. The van der Waals surface area contributed by atoms with Gasteiger partial charge in [-0.2, -0.15) is 0 Å². The number of rotatable bonds is 4. The van der Waals surface area contributed by atoms with E-state index in [1.807, 2.05) is 19.1 Å². The Morgan fingerprint density at radius 2 is 2.33 bits per heavy atom. The van der Waals surface area contributed by atoms with Crippen molar-refractivity contribution in [1.29, 1.82) is 0 Å². The first-order valence-corrected chi connectivity index (χ1v) is 5.03. The van der Waals surface area contributed by atoms with Gasteiger partial charge in [-0.25, -0.2) is 0 Å². The van der Waals surface area contributed by atoms with E-state index in [0.717, 1.165) is 23.5 Å². The lowest BCUT2D eigenvalue weighted by Crippen LogP contribution is -2.05. The topological polar surface area (TPSA) is 38.8 Å². The quantitative estimate of drug-likeness (QED) is 0.558. The second kappa shape index (κ2) is 4.03. The molecule has 0 aromatic heterocycles. The summed E-state index contributed by atoms with van der Waals surface area (Å²) in [5.74, 6) is 0.887. The number of hydrogen-bond acceptors (Lipinski definition) is 3. The summed E-state index contributed by atoms with van der Waals surface area (Å²) in [6, 6.07) is 5.52. The number of benzene rings is 1. The van der Waals surface area contributed by atoms with Crippen LogP contribution in [-0.4, -0.2) is 25.1 Å². The molecule has 0 amide bonds. The SMILES string of the molecule is CC(=O)c1ccc(OCC2CO2)cc1C. The first-order chi connectivity index (χ1) is 7.16. The van der Waals surface area contributed by atoms with Crippen molar-refractivity contribution in [3.05, 3.63) is 29.3 Å². The number of aryl methyl sites for hydroxylation is 1. The average molecular weight is 206 g/mol. The fourth-order valence-corrected chi connectivity index (χ4v) is 1.47. The van der Waals surface area contributed by atoms with Gasteiger partial charge in [0.1, 0.15) is 18.5 Å². The second-order valence-corrected chi connectivity index (χ2v) is 3.80. The largest absolute Gasteiger partial charge is 0.491 e. The van der Waals surface area contributed by atoms with Gasteiger partial charge in [0.2, 0.25) is 0 Å². The molecule has 1 aliphatic rings. The third-order valence-corrected chi connectivity index (χ3v) is 2.42. The Morgan fingerprint density at radius 1 is 1.60 bits per heavy atom. The van der Waals surface area contributed by atoms with Gasteiger partial charge in [0.05, 0.1) is 6.61 Å². The molecule has 15 heavy (non-hydrogen) atoms. The Bertz CT molecular complexity index is 380. The van der Waals surface area contributed by atoms with E-state index >= 15 is 0 Å². The normalized spacial score (nSPS) is 18.7. The molecule has 3 heteroatoms. The zero-order valence-corrected chi connectivity index (χ0v) is 8.95. The lowest BCUT2D eigenvalue weighted by molar-refractivity contribution is 0.101. The van der Waals surface area contributed by atoms with Crippen LogP contribution < -0.4 is 4.74 Å². The summed E-state index contributed by atoms with van der Waals surface area (Å²) in [6.45, 7) is 4.88. The number of epoxide rings is 1. The minimum absolute atomic E-state index is 0.0876. The van der Waals surface area contributed by atoms with Crippen molar-refractivity contribution in [3.8, 4) is 5.75 Å². The van der Waals surface area contributed by atoms with Crippen molar-refractivity contribution in [3.63, 3.8) is 0 Å². The number of carbonyl (C=O) groups excluding carboxylic acids is 1. The molecule has 3 nitrogen and oxygen atoms in total. The lowest BCUT2D eigenvalue weighted by Gasteiger charge is -2.07. The van der Waals surface area contributed by atoms with E-state index in [1.54, 1.807) is 13.0 Å². The molecule has 0 bridgehead atoms. The predicted octanol–water partition coefficient (Wildman–Crippen LogP) is 1.98. The minimum atomic E-state index is 0.0876. The van der Waals surface area contributed by atoms with E-state index in [4.69, 9.17) is 9.47 Å². The van der Waals surface area contributed by atoms with Crippen molar-refractivity contribution < 1.29 is 14.3 Å². The predicted molar refractivity (Wildman–Crippen MR) is 56.4 cm³/mol. The molecule has 1 saturated heterocycles. The van der Waals surface area contributed by atoms with E-state index in [2.05, 4.69) is 0 Å². The van der Waals surface area contributed by atoms with Crippen LogP contribution in [0.15, 0.2) is 18.2 Å². The van der Waals surface area contributed by atoms with E-state index in [1.165, 1.54) is 0 Å². The van der Waals surface area contributed by atoms with Crippen LogP contribution in [0.4, 0.5) is 0 Å². The van der Waals surface area contributed by atoms with Crippen LogP contribution in [0.25, 0.3) is 0 Å². The summed E-state index contributed by atoms with van der Waals surface area (Å²) in [5, 5.41) is 0. The number of Topliss-reactive ketones (excluding diaryl/α,β-unsaturated/α-hetero) is 1. The molecule has 0 aliphatic carbocycles. The van der Waals surface area contributed by atoms with Gasteiger partial charge in [-0.3, -0.25) is 4.79 Å². The third-order valence-electron chi connectivity index (χ3n) is 2.42. The molecule has 0 radical (unpaired) electrons. The van der Waals surface area contributed by atoms with Gasteiger partial charge in [0.15, 0.2) is 5.78 Å². The molecular formula is C12H14O3. The molecule has 1 heterocycles. The molecule has 1 aliphatic heterocycles. The summed E-state index contributed by atoms with van der Waals surface area (Å²) >= 11 is 0. The molecule has 1 aromatic rings. The summed E-state index contributed by atoms with van der Waals surface area (Å²) in [4.78, 5) is 11.2. The van der Waals surface area contributed by atoms with Crippen LogP contribution in [0.2, 0.25) is 0 Å². The fraction of sp³-hybridized carbons (Fsp3) is 0.417. The van der Waals surface area contributed by atoms with E-state index in [-0.39, 0.29) is 11.9 Å². The summed E-state index contributed by atoms with van der Waals surface area (Å²) in [6.07, 6.45) is 0.262. The van der Waals surface area contributed by atoms with Crippen molar-refractivity contribution >= 4 is 5.78 Å². The Balaban J connectivity index is 2.06. The Labute approximate surface area is 89.0 Å². The van der Waals surface area contributed by atoms with E-state index in [9.17, 15) is 4.79 Å². The maximum Gasteiger partial charge on any atom is 0.160 e. The summed E-state index contributed by atoms with van der Waals surface area (Å²) in [5.41, 5.74) is 1.71. The van der Waals surface area contributed by atoms with Crippen molar-refractivity contribution in [2.75, 3.05) is 13.2 Å². The summed E-state index contributed by atoms with van der Waals surface area (Å²) in [7, 11) is 0. The highest BCUT2D eigenvalue weighted by molar-refractivity contribution is 5.95. The zero-order valence-electron chi connectivity index (χ0n) is 8.95. The smallest absolute Gasteiger partial charge is 0.160 e. The monoisotopic (exact) mass is 206 g/mol. The van der Waals surface area contributed by atoms with E-state index < -0.39 is 0 Å². The van der Waals surface area contributed by atoms with Crippen molar-refractivity contribution in [2.45, 2.75) is 20.0 Å². The summed E-state index contributed by atoms with van der Waals surface area (Å²) < 4.78 is 10.6. The Hall–Kier alpha value is -1.35. The number of carbonyl (C=O) groups is 1. The van der Waals surface area contributed by atoms with Gasteiger partial charge < -0.3 is 9.47 Å². The van der Waals surface area contributed by atoms with Crippen LogP contribution in [0.1, 0.15) is 22.8 Å². The average Bonchev–Trinajstić information content (AvgIpc) is 2.97. The van der Waals surface area contributed by atoms with Crippen LogP contribution in [0.5, 0.6) is 5.75 Å². The Morgan fingerprint density at radius 3 is 2.87 bits per heavy atom. The molecule has 0 spiro atoms. The molecule has 1 fully saturated rings. The highest BCUT2D eigenvalue weighted by atomic mass is 16.6.